The minimum Gasteiger partial charge on any atom is -0.388 e. The van der Waals surface area contributed by atoms with Crippen molar-refractivity contribution >= 4 is 11.6 Å². The second-order valence-corrected chi connectivity index (χ2v) is 5.46. The van der Waals surface area contributed by atoms with E-state index in [1.54, 1.807) is 0 Å². The van der Waals surface area contributed by atoms with E-state index in [4.69, 9.17) is 4.42 Å². The van der Waals surface area contributed by atoms with Crippen molar-refractivity contribution in [2.24, 2.45) is 0 Å². The van der Waals surface area contributed by atoms with Crippen molar-refractivity contribution in [3.63, 3.8) is 0 Å². The highest BCUT2D eigenvalue weighted by Crippen LogP contribution is 2.29. The van der Waals surface area contributed by atoms with Crippen molar-refractivity contribution in [2.75, 3.05) is 5.32 Å². The Kier molecular flexibility index (Phi) is 4.80. The molecular formula is C17H11F4N3O3. The molecule has 27 heavy (non-hydrogen) atoms. The van der Waals surface area contributed by atoms with Gasteiger partial charge in [0.2, 0.25) is 11.8 Å². The molecule has 0 unspecified atom stereocenters. The molecule has 10 heteroatoms. The molecule has 140 valence electrons. The van der Waals surface area contributed by atoms with E-state index in [0.29, 0.717) is 5.56 Å². The number of carbonyl (C=O) groups is 1. The number of hydrogen-bond acceptors (Lipinski definition) is 4. The zero-order valence-corrected chi connectivity index (χ0v) is 13.5. The molecule has 6 nitrogen and oxygen atoms in total. The van der Waals surface area contributed by atoms with Crippen LogP contribution in [0.1, 0.15) is 5.56 Å². The van der Waals surface area contributed by atoms with Crippen LogP contribution in [0.4, 0.5) is 23.2 Å². The Bertz CT molecular complexity index is 1010. The Morgan fingerprint density at radius 1 is 1.07 bits per heavy atom. The maximum atomic E-state index is 12.9. The first-order chi connectivity index (χ1) is 12.7. The van der Waals surface area contributed by atoms with Crippen molar-refractivity contribution in [3.05, 3.63) is 70.5 Å². The zero-order chi connectivity index (χ0) is 19.6. The van der Waals surface area contributed by atoms with Crippen LogP contribution in [0.2, 0.25) is 0 Å². The van der Waals surface area contributed by atoms with Crippen molar-refractivity contribution < 1.29 is 26.8 Å². The van der Waals surface area contributed by atoms with Gasteiger partial charge in [-0.2, -0.15) is 17.9 Å². The molecule has 0 fully saturated rings. The summed E-state index contributed by atoms with van der Waals surface area (Å²) in [4.78, 5) is 23.8. The molecule has 3 aromatic rings. The summed E-state index contributed by atoms with van der Waals surface area (Å²) in [5.74, 6) is -2.16. The molecule has 0 spiro atoms. The topological polar surface area (TPSA) is 77.1 Å². The lowest BCUT2D eigenvalue weighted by molar-refractivity contribution is -0.137. The predicted molar refractivity (Wildman–Crippen MR) is 86.2 cm³/mol. The van der Waals surface area contributed by atoms with Gasteiger partial charge in [0.1, 0.15) is 12.4 Å². The lowest BCUT2D eigenvalue weighted by Crippen LogP contribution is -2.25. The smallest absolute Gasteiger partial charge is 0.388 e. The summed E-state index contributed by atoms with van der Waals surface area (Å²) < 4.78 is 56.1. The summed E-state index contributed by atoms with van der Waals surface area (Å²) >= 11 is 0. The number of halogens is 4. The third kappa shape index (κ3) is 4.40. The summed E-state index contributed by atoms with van der Waals surface area (Å²) in [6.45, 7) is -0.509. The summed E-state index contributed by atoms with van der Waals surface area (Å²) in [6.07, 6.45) is -4.48. The van der Waals surface area contributed by atoms with Crippen LogP contribution < -0.4 is 11.1 Å². The molecule has 2 aromatic carbocycles. The first kappa shape index (κ1) is 18.4. The second kappa shape index (κ2) is 7.06. The number of carbonyl (C=O) groups excluding carboxylic acids is 1. The fourth-order valence-electron chi connectivity index (χ4n) is 2.19. The van der Waals surface area contributed by atoms with Crippen molar-refractivity contribution in [1.29, 1.82) is 0 Å². The standard InChI is InChI=1S/C17H11F4N3O3/c18-12-5-1-10(2-6-12)15-23-24(16(26)27-15)9-14(25)22-13-7-3-11(4-8-13)17(19,20)21/h1-8H,9H2,(H,22,25). The third-order valence-electron chi connectivity index (χ3n) is 3.49. The van der Waals surface area contributed by atoms with Crippen LogP contribution in [0.15, 0.2) is 57.7 Å². The number of benzene rings is 2. The second-order valence-electron chi connectivity index (χ2n) is 5.46. The van der Waals surface area contributed by atoms with Crippen LogP contribution in [-0.4, -0.2) is 15.7 Å². The molecule has 1 N–H and O–H groups in total. The summed E-state index contributed by atoms with van der Waals surface area (Å²) in [5.41, 5.74) is -0.379. The molecule has 0 radical (unpaired) electrons. The molecule has 0 aliphatic heterocycles. The van der Waals surface area contributed by atoms with E-state index in [-0.39, 0.29) is 11.6 Å². The molecule has 0 saturated heterocycles. The quantitative estimate of drug-likeness (QED) is 0.704. The average molecular weight is 381 g/mol. The summed E-state index contributed by atoms with van der Waals surface area (Å²) in [7, 11) is 0. The Morgan fingerprint density at radius 3 is 2.30 bits per heavy atom. The highest BCUT2D eigenvalue weighted by atomic mass is 19.4. The SMILES string of the molecule is O=C(Cn1nc(-c2ccc(F)cc2)oc1=O)Nc1ccc(C(F)(F)F)cc1. The molecular weight excluding hydrogens is 370 g/mol. The summed E-state index contributed by atoms with van der Waals surface area (Å²) in [6, 6.07) is 8.86. The van der Waals surface area contributed by atoms with Gasteiger partial charge in [-0.05, 0) is 48.5 Å². The van der Waals surface area contributed by atoms with Gasteiger partial charge in [-0.15, -0.1) is 5.10 Å². The largest absolute Gasteiger partial charge is 0.437 e. The molecule has 0 aliphatic carbocycles. The molecule has 0 saturated carbocycles. The van der Waals surface area contributed by atoms with Crippen LogP contribution in [0.3, 0.4) is 0 Å². The van der Waals surface area contributed by atoms with Crippen LogP contribution >= 0.6 is 0 Å². The van der Waals surface area contributed by atoms with Gasteiger partial charge in [-0.25, -0.2) is 9.18 Å². The number of rotatable bonds is 4. The number of aromatic nitrogens is 2. The molecule has 1 heterocycles. The minimum atomic E-state index is -4.48. The highest BCUT2D eigenvalue weighted by molar-refractivity contribution is 5.90. The van der Waals surface area contributed by atoms with E-state index in [9.17, 15) is 27.2 Å². The van der Waals surface area contributed by atoms with Gasteiger partial charge in [-0.1, -0.05) is 0 Å². The maximum Gasteiger partial charge on any atom is 0.437 e. The number of anilines is 1. The van der Waals surface area contributed by atoms with Crippen molar-refractivity contribution in [3.8, 4) is 11.5 Å². The van der Waals surface area contributed by atoms with Gasteiger partial charge < -0.3 is 9.73 Å². The third-order valence-corrected chi connectivity index (χ3v) is 3.49. The van der Waals surface area contributed by atoms with Gasteiger partial charge in [0, 0.05) is 11.3 Å². The number of nitrogens with one attached hydrogen (secondary N) is 1. The first-order valence-corrected chi connectivity index (χ1v) is 7.53. The molecule has 3 rings (SSSR count). The summed E-state index contributed by atoms with van der Waals surface area (Å²) in [5, 5.41) is 6.20. The van der Waals surface area contributed by atoms with E-state index in [0.717, 1.165) is 41.1 Å². The van der Waals surface area contributed by atoms with E-state index in [1.807, 2.05) is 0 Å². The average Bonchev–Trinajstić information content (AvgIpc) is 2.95. The Hall–Kier alpha value is -3.43. The maximum absolute atomic E-state index is 12.9. The predicted octanol–water partition coefficient (Wildman–Crippen LogP) is 3.30. The monoisotopic (exact) mass is 381 g/mol. The van der Waals surface area contributed by atoms with Crippen LogP contribution in [-0.2, 0) is 17.5 Å². The van der Waals surface area contributed by atoms with Gasteiger partial charge in [0.25, 0.3) is 0 Å². The molecule has 0 atom stereocenters. The van der Waals surface area contributed by atoms with Gasteiger partial charge in [0.05, 0.1) is 5.56 Å². The van der Waals surface area contributed by atoms with Gasteiger partial charge >= 0.3 is 11.9 Å². The lowest BCUT2D eigenvalue weighted by atomic mass is 10.2. The number of alkyl halides is 3. The zero-order valence-electron chi connectivity index (χ0n) is 13.5. The minimum absolute atomic E-state index is 0.0951. The molecule has 1 amide bonds. The Balaban J connectivity index is 1.69. The van der Waals surface area contributed by atoms with E-state index in [1.165, 1.54) is 12.1 Å². The first-order valence-electron chi connectivity index (χ1n) is 7.53. The van der Waals surface area contributed by atoms with Crippen LogP contribution in [0.25, 0.3) is 11.5 Å². The Morgan fingerprint density at radius 2 is 1.70 bits per heavy atom. The lowest BCUT2D eigenvalue weighted by Gasteiger charge is -2.08. The molecule has 0 aliphatic rings. The Labute approximate surface area is 149 Å². The fraction of sp³-hybridized carbons (Fsp3) is 0.118. The highest BCUT2D eigenvalue weighted by Gasteiger charge is 2.30. The van der Waals surface area contributed by atoms with E-state index < -0.39 is 35.8 Å². The van der Waals surface area contributed by atoms with Crippen molar-refractivity contribution in [1.82, 2.24) is 9.78 Å². The number of hydrogen-bond donors (Lipinski definition) is 1. The van der Waals surface area contributed by atoms with Crippen LogP contribution in [0, 0.1) is 5.82 Å². The normalized spacial score (nSPS) is 11.4. The molecule has 1 aromatic heterocycles. The van der Waals surface area contributed by atoms with E-state index >= 15 is 0 Å². The van der Waals surface area contributed by atoms with Gasteiger partial charge in [-0.3, -0.25) is 4.79 Å². The number of amides is 1. The van der Waals surface area contributed by atoms with E-state index in [2.05, 4.69) is 10.4 Å². The molecule has 0 bridgehead atoms. The van der Waals surface area contributed by atoms with Gasteiger partial charge in [0.15, 0.2) is 0 Å². The van der Waals surface area contributed by atoms with Crippen molar-refractivity contribution in [2.45, 2.75) is 12.7 Å². The number of nitrogens with zero attached hydrogens (tertiary/aromatic N) is 2. The fourth-order valence-corrected chi connectivity index (χ4v) is 2.19. The van der Waals surface area contributed by atoms with Crippen LogP contribution in [0.5, 0.6) is 0 Å².